The molecule has 5 nitrogen and oxygen atoms in total. The van der Waals surface area contributed by atoms with Crippen molar-refractivity contribution in [1.82, 2.24) is 0 Å². The molecule has 0 amide bonds. The fraction of sp³-hybridized carbons (Fsp3) is 0.417. The van der Waals surface area contributed by atoms with Gasteiger partial charge in [0.2, 0.25) is 0 Å². The van der Waals surface area contributed by atoms with Crippen molar-refractivity contribution in [3.63, 3.8) is 0 Å². The molecule has 0 spiro atoms. The molecule has 1 rings (SSSR count). The van der Waals surface area contributed by atoms with E-state index in [4.69, 9.17) is 32.1 Å². The van der Waals surface area contributed by atoms with E-state index in [1.165, 1.54) is 12.1 Å². The number of carboxylic acid groups (broad SMARTS) is 1. The fourth-order valence-corrected chi connectivity index (χ4v) is 3.66. The lowest BCUT2D eigenvalue weighted by Crippen LogP contribution is -2.03. The number of rotatable bonds is 8. The smallest absolute Gasteiger partial charge is 0.303 e. The van der Waals surface area contributed by atoms with Crippen LogP contribution in [0.5, 0.6) is 5.75 Å². The van der Waals surface area contributed by atoms with Gasteiger partial charge in [0.05, 0.1) is 11.6 Å². The maximum absolute atomic E-state index is 11.5. The monoisotopic (exact) mass is 418 g/mol. The second-order valence-electron chi connectivity index (χ2n) is 4.21. The van der Waals surface area contributed by atoms with Crippen molar-refractivity contribution in [3.8, 4) is 5.75 Å². The van der Waals surface area contributed by atoms with Gasteiger partial charge >= 0.3 is 5.97 Å². The lowest BCUT2D eigenvalue weighted by Gasteiger charge is -2.12. The van der Waals surface area contributed by atoms with Crippen LogP contribution in [0.25, 0.3) is 0 Å². The van der Waals surface area contributed by atoms with Crippen LogP contribution in [0.4, 0.5) is 0 Å². The van der Waals surface area contributed by atoms with E-state index in [1.54, 1.807) is 0 Å². The zero-order valence-electron chi connectivity index (χ0n) is 10.8. The summed E-state index contributed by atoms with van der Waals surface area (Å²) in [6.45, 7) is 0.223. The topological polar surface area (TPSA) is 80.7 Å². The summed E-state index contributed by atoms with van der Waals surface area (Å²) in [4.78, 5) is 10.2. The number of carboxylic acids is 1. The van der Waals surface area contributed by atoms with Gasteiger partial charge in [-0.15, -0.1) is 0 Å². The maximum Gasteiger partial charge on any atom is 0.303 e. The van der Waals surface area contributed by atoms with Crippen LogP contribution in [0.2, 0.25) is 5.02 Å². The number of ether oxygens (including phenoxy) is 1. The van der Waals surface area contributed by atoms with E-state index >= 15 is 0 Å². The van der Waals surface area contributed by atoms with Crippen molar-refractivity contribution in [2.24, 2.45) is 0 Å². The third kappa shape index (κ3) is 6.42. The number of carbonyl (C=O) groups is 1. The largest absolute Gasteiger partial charge is 0.491 e. The molecule has 0 bridgehead atoms. The van der Waals surface area contributed by atoms with Gasteiger partial charge in [0.15, 0.2) is 5.75 Å². The lowest BCUT2D eigenvalue weighted by atomic mass is 10.2. The summed E-state index contributed by atoms with van der Waals surface area (Å²) in [5.74, 6) is -0.838. The summed E-state index contributed by atoms with van der Waals surface area (Å²) in [5, 5.41) is 8.64. The van der Waals surface area contributed by atoms with Crippen LogP contribution in [0, 0.1) is 0 Å². The fourth-order valence-electron chi connectivity index (χ4n) is 1.59. The van der Waals surface area contributed by atoms with Crippen LogP contribution in [0.15, 0.2) is 21.5 Å². The molecule has 1 aromatic carbocycles. The summed E-state index contributed by atoms with van der Waals surface area (Å²) < 4.78 is 28.9. The minimum atomic E-state index is -3.98. The number of hydrogen-bond acceptors (Lipinski definition) is 4. The first kappa shape index (κ1) is 18.5. The molecule has 0 aliphatic carbocycles. The van der Waals surface area contributed by atoms with Gasteiger partial charge in [-0.1, -0.05) is 27.5 Å². The third-order valence-corrected chi connectivity index (χ3v) is 4.58. The van der Waals surface area contributed by atoms with Crippen molar-refractivity contribution in [2.45, 2.75) is 30.6 Å². The van der Waals surface area contributed by atoms with Crippen LogP contribution in [-0.4, -0.2) is 26.1 Å². The summed E-state index contributed by atoms with van der Waals surface area (Å²) in [7, 11) is 1.37. The molecular weight excluding hydrogens is 407 g/mol. The highest BCUT2D eigenvalue weighted by molar-refractivity contribution is 9.10. The highest BCUT2D eigenvalue weighted by Crippen LogP contribution is 2.37. The number of benzene rings is 1. The molecule has 1 N–H and O–H groups in total. The van der Waals surface area contributed by atoms with Crippen molar-refractivity contribution >= 4 is 53.2 Å². The molecule has 0 radical (unpaired) electrons. The van der Waals surface area contributed by atoms with Crippen LogP contribution in [0.3, 0.4) is 0 Å². The van der Waals surface area contributed by atoms with Gasteiger partial charge in [0.25, 0.3) is 9.05 Å². The summed E-state index contributed by atoms with van der Waals surface area (Å²) in [5.41, 5.74) is 0. The minimum absolute atomic E-state index is 0.00750. The summed E-state index contributed by atoms with van der Waals surface area (Å²) in [6.07, 6.45) is 1.87. The van der Waals surface area contributed by atoms with Gasteiger partial charge in [-0.05, 0) is 31.4 Å². The maximum atomic E-state index is 11.5. The predicted octanol–water partition coefficient (Wildman–Crippen LogP) is 4.05. The van der Waals surface area contributed by atoms with Crippen LogP contribution in [-0.2, 0) is 13.8 Å². The molecule has 0 atom stereocenters. The van der Waals surface area contributed by atoms with E-state index in [0.29, 0.717) is 23.7 Å². The number of unbranched alkanes of at least 4 members (excludes halogenated alkanes) is 2. The molecule has 9 heteroatoms. The molecule has 0 aromatic heterocycles. The van der Waals surface area contributed by atoms with Crippen LogP contribution >= 0.6 is 38.2 Å². The van der Waals surface area contributed by atoms with Crippen LogP contribution < -0.4 is 4.74 Å². The first-order valence-corrected chi connectivity index (χ1v) is 9.48. The van der Waals surface area contributed by atoms with Gasteiger partial charge in [0, 0.05) is 21.6 Å². The Bertz CT molecular complexity index is 618. The van der Waals surface area contributed by atoms with Gasteiger partial charge < -0.3 is 9.84 Å². The highest BCUT2D eigenvalue weighted by atomic mass is 79.9. The summed E-state index contributed by atoms with van der Waals surface area (Å²) in [6, 6.07) is 2.82. The van der Waals surface area contributed by atoms with Gasteiger partial charge in [-0.3, -0.25) is 4.79 Å². The molecule has 21 heavy (non-hydrogen) atoms. The van der Waals surface area contributed by atoms with Crippen molar-refractivity contribution in [2.75, 3.05) is 6.61 Å². The van der Waals surface area contributed by atoms with Crippen molar-refractivity contribution in [3.05, 3.63) is 21.6 Å². The Balaban J connectivity index is 2.69. The van der Waals surface area contributed by atoms with E-state index in [1.807, 2.05) is 0 Å². The second-order valence-corrected chi connectivity index (χ2v) is 8.06. The molecule has 1 aromatic rings. The molecule has 0 aliphatic rings. The Kier molecular flexibility index (Phi) is 7.26. The molecule has 0 aliphatic heterocycles. The molecule has 0 saturated heterocycles. The van der Waals surface area contributed by atoms with Crippen molar-refractivity contribution in [1.29, 1.82) is 0 Å². The average Bonchev–Trinajstić information content (AvgIpc) is 2.33. The van der Waals surface area contributed by atoms with E-state index in [0.717, 1.165) is 0 Å². The average molecular weight is 420 g/mol. The van der Waals surface area contributed by atoms with Gasteiger partial charge in [0.1, 0.15) is 4.90 Å². The molecule has 0 unspecified atom stereocenters. The Hall–Kier alpha value is -0.500. The Morgan fingerprint density at radius 3 is 2.52 bits per heavy atom. The first-order valence-electron chi connectivity index (χ1n) is 6.00. The molecule has 0 heterocycles. The molecular formula is C12H13BrCl2O5S. The lowest BCUT2D eigenvalue weighted by molar-refractivity contribution is -0.137. The SMILES string of the molecule is O=C(O)CCCCCOc1c(Cl)cc(Br)cc1S(=O)(=O)Cl. The van der Waals surface area contributed by atoms with Gasteiger partial charge in [-0.2, -0.15) is 0 Å². The van der Waals surface area contributed by atoms with E-state index in [-0.39, 0.29) is 28.7 Å². The highest BCUT2D eigenvalue weighted by Gasteiger charge is 2.20. The number of hydrogen-bond donors (Lipinski definition) is 1. The second kappa shape index (κ2) is 8.22. The van der Waals surface area contributed by atoms with Gasteiger partial charge in [-0.25, -0.2) is 8.42 Å². The number of aliphatic carboxylic acids is 1. The first-order chi connectivity index (χ1) is 9.71. The van der Waals surface area contributed by atoms with Crippen molar-refractivity contribution < 1.29 is 23.1 Å². The quantitative estimate of drug-likeness (QED) is 0.507. The van der Waals surface area contributed by atoms with E-state index < -0.39 is 15.0 Å². The Morgan fingerprint density at radius 2 is 1.95 bits per heavy atom. The number of halogens is 3. The van der Waals surface area contributed by atoms with Crippen LogP contribution in [0.1, 0.15) is 25.7 Å². The molecule has 0 fully saturated rings. The zero-order valence-corrected chi connectivity index (χ0v) is 14.7. The molecule has 0 saturated carbocycles. The predicted molar refractivity (Wildman–Crippen MR) is 83.8 cm³/mol. The standard InChI is InChI=1S/C12H13BrCl2O5S/c13-8-6-9(14)12(10(7-8)21(15,18)19)20-5-3-1-2-4-11(16)17/h6-7H,1-5H2,(H,16,17). The minimum Gasteiger partial charge on any atom is -0.491 e. The third-order valence-electron chi connectivity index (χ3n) is 2.52. The molecule has 118 valence electrons. The summed E-state index contributed by atoms with van der Waals surface area (Å²) >= 11 is 9.10. The zero-order chi connectivity index (χ0) is 16.0. The van der Waals surface area contributed by atoms with E-state index in [2.05, 4.69) is 15.9 Å². The Morgan fingerprint density at radius 1 is 1.29 bits per heavy atom. The normalized spacial score (nSPS) is 11.4. The van der Waals surface area contributed by atoms with E-state index in [9.17, 15) is 13.2 Å². The Labute approximate surface area is 140 Å².